The molecule has 1 aromatic heterocycles. The van der Waals surface area contributed by atoms with Crippen LogP contribution >= 0.6 is 0 Å². The molecule has 2 heterocycles. The molecule has 0 spiro atoms. The number of ether oxygens (including phenoxy) is 1. The Morgan fingerprint density at radius 3 is 2.69 bits per heavy atom. The first-order valence-electron chi connectivity index (χ1n) is 8.39. The highest BCUT2D eigenvalue weighted by atomic mass is 16.6. The van der Waals surface area contributed by atoms with Gasteiger partial charge in [0.15, 0.2) is 6.29 Å². The van der Waals surface area contributed by atoms with Crippen molar-refractivity contribution in [3.63, 3.8) is 0 Å². The third kappa shape index (κ3) is 4.63. The molecular formula is C17H17N5O7. The van der Waals surface area contributed by atoms with Crippen LogP contribution in [0.5, 0.6) is 0 Å². The van der Waals surface area contributed by atoms with Gasteiger partial charge in [0, 0.05) is 24.2 Å². The zero-order valence-corrected chi connectivity index (χ0v) is 15.0. The molecule has 1 saturated heterocycles. The average molecular weight is 403 g/mol. The lowest BCUT2D eigenvalue weighted by atomic mass is 10.1. The van der Waals surface area contributed by atoms with Gasteiger partial charge in [-0.2, -0.15) is 5.10 Å². The minimum Gasteiger partial charge on any atom is -0.455 e. The predicted molar refractivity (Wildman–Crippen MR) is 98.4 cm³/mol. The van der Waals surface area contributed by atoms with E-state index in [9.17, 15) is 24.8 Å². The molecule has 1 aliphatic rings. The first-order chi connectivity index (χ1) is 13.9. The van der Waals surface area contributed by atoms with E-state index < -0.39 is 29.9 Å². The lowest BCUT2D eigenvalue weighted by Crippen LogP contribution is -2.36. The molecule has 0 bridgehead atoms. The molecule has 1 aromatic carbocycles. The van der Waals surface area contributed by atoms with Crippen LogP contribution in [-0.2, 0) is 9.53 Å². The van der Waals surface area contributed by atoms with Gasteiger partial charge in [0.2, 0.25) is 0 Å². The maximum absolute atomic E-state index is 12.2. The van der Waals surface area contributed by atoms with E-state index in [1.807, 2.05) is 0 Å². The van der Waals surface area contributed by atoms with Crippen molar-refractivity contribution < 1.29 is 28.8 Å². The summed E-state index contributed by atoms with van der Waals surface area (Å²) in [6.07, 6.45) is -0.0202. The van der Waals surface area contributed by atoms with Crippen molar-refractivity contribution in [2.75, 3.05) is 19.8 Å². The molecule has 1 unspecified atom stereocenters. The standard InChI is InChI=1S/C17H17N5O7/c18-7-16(24)28-10-20-15(23)9-21(17(20)25)19-8-13-5-6-14(29-13)11-1-3-12(4-2-11)22(26)27/h1-6,8,16,24H,7,9-10,18H2/b19-8+. The summed E-state index contributed by atoms with van der Waals surface area (Å²) in [4.78, 5) is 35.1. The van der Waals surface area contributed by atoms with E-state index in [2.05, 4.69) is 5.10 Å². The van der Waals surface area contributed by atoms with Gasteiger partial charge in [-0.15, -0.1) is 0 Å². The number of furan rings is 1. The second kappa shape index (κ2) is 8.60. The summed E-state index contributed by atoms with van der Waals surface area (Å²) in [5.74, 6) is 0.227. The number of hydrazone groups is 1. The lowest BCUT2D eigenvalue weighted by molar-refractivity contribution is -0.384. The van der Waals surface area contributed by atoms with Crippen molar-refractivity contribution in [3.8, 4) is 11.3 Å². The van der Waals surface area contributed by atoms with Crippen molar-refractivity contribution in [1.29, 1.82) is 0 Å². The highest BCUT2D eigenvalue weighted by Gasteiger charge is 2.36. The molecule has 0 saturated carbocycles. The number of non-ortho nitro benzene ring substituents is 1. The number of rotatable bonds is 8. The van der Waals surface area contributed by atoms with E-state index in [1.165, 1.54) is 18.3 Å². The van der Waals surface area contributed by atoms with Crippen molar-refractivity contribution in [2.45, 2.75) is 6.29 Å². The van der Waals surface area contributed by atoms with Gasteiger partial charge >= 0.3 is 6.03 Å². The average Bonchev–Trinajstić information content (AvgIpc) is 3.29. The maximum Gasteiger partial charge on any atom is 0.349 e. The number of aliphatic hydroxyl groups is 1. The van der Waals surface area contributed by atoms with Crippen LogP contribution in [0.1, 0.15) is 5.76 Å². The van der Waals surface area contributed by atoms with Crippen molar-refractivity contribution >= 4 is 23.8 Å². The van der Waals surface area contributed by atoms with Gasteiger partial charge in [-0.3, -0.25) is 14.9 Å². The number of imide groups is 1. The summed E-state index contributed by atoms with van der Waals surface area (Å²) in [6, 6.07) is 8.35. The lowest BCUT2D eigenvalue weighted by Gasteiger charge is -2.16. The molecule has 0 aliphatic carbocycles. The number of nitrogens with two attached hydrogens (primary N) is 1. The normalized spacial score (nSPS) is 15.5. The highest BCUT2D eigenvalue weighted by molar-refractivity contribution is 6.02. The summed E-state index contributed by atoms with van der Waals surface area (Å²) in [5, 5.41) is 24.8. The number of urea groups is 1. The number of carbonyl (C=O) groups is 2. The zero-order chi connectivity index (χ0) is 21.0. The van der Waals surface area contributed by atoms with Gasteiger partial charge in [-0.1, -0.05) is 0 Å². The van der Waals surface area contributed by atoms with Crippen LogP contribution in [0.4, 0.5) is 10.5 Å². The molecule has 2 aromatic rings. The SMILES string of the molecule is NCC(O)OCN1C(=O)CN(/N=C/c2ccc(-c3ccc([N+](=O)[O-])cc3)o2)C1=O. The third-order valence-corrected chi connectivity index (χ3v) is 3.95. The van der Waals surface area contributed by atoms with Gasteiger partial charge in [-0.05, 0) is 24.3 Å². The topological polar surface area (TPSA) is 165 Å². The number of amides is 3. The van der Waals surface area contributed by atoms with E-state index in [0.717, 1.165) is 9.91 Å². The Morgan fingerprint density at radius 2 is 2.03 bits per heavy atom. The quantitative estimate of drug-likeness (QED) is 0.214. The second-order valence-electron chi connectivity index (χ2n) is 5.90. The highest BCUT2D eigenvalue weighted by Crippen LogP contribution is 2.24. The number of benzene rings is 1. The molecule has 0 radical (unpaired) electrons. The van der Waals surface area contributed by atoms with Crippen molar-refractivity contribution in [1.82, 2.24) is 9.91 Å². The molecule has 12 heteroatoms. The fourth-order valence-corrected chi connectivity index (χ4v) is 2.42. The summed E-state index contributed by atoms with van der Waals surface area (Å²) < 4.78 is 10.5. The van der Waals surface area contributed by atoms with Crippen LogP contribution < -0.4 is 5.73 Å². The van der Waals surface area contributed by atoms with Crippen LogP contribution in [0.15, 0.2) is 45.9 Å². The Hall–Kier alpha value is -3.61. The van der Waals surface area contributed by atoms with E-state index in [0.29, 0.717) is 17.1 Å². The van der Waals surface area contributed by atoms with E-state index >= 15 is 0 Å². The molecule has 29 heavy (non-hydrogen) atoms. The van der Waals surface area contributed by atoms with Crippen molar-refractivity contribution in [2.24, 2.45) is 10.8 Å². The molecule has 1 atom stereocenters. The van der Waals surface area contributed by atoms with E-state index in [4.69, 9.17) is 14.9 Å². The number of aliphatic hydroxyl groups excluding tert-OH is 1. The summed E-state index contributed by atoms with van der Waals surface area (Å²) in [5.41, 5.74) is 5.79. The van der Waals surface area contributed by atoms with Gasteiger partial charge in [0.1, 0.15) is 24.8 Å². The number of nitro groups is 1. The van der Waals surface area contributed by atoms with Gasteiger partial charge in [0.05, 0.1) is 11.1 Å². The molecule has 3 rings (SSSR count). The summed E-state index contributed by atoms with van der Waals surface area (Å²) in [6.45, 7) is -0.895. The van der Waals surface area contributed by atoms with Crippen LogP contribution in [0.3, 0.4) is 0 Å². The smallest absolute Gasteiger partial charge is 0.349 e. The fraction of sp³-hybridized carbons (Fsp3) is 0.235. The Kier molecular flexibility index (Phi) is 5.97. The van der Waals surface area contributed by atoms with Gasteiger partial charge in [0.25, 0.3) is 11.6 Å². The first-order valence-corrected chi connectivity index (χ1v) is 8.39. The largest absolute Gasteiger partial charge is 0.455 e. The summed E-state index contributed by atoms with van der Waals surface area (Å²) in [7, 11) is 0. The molecule has 152 valence electrons. The summed E-state index contributed by atoms with van der Waals surface area (Å²) >= 11 is 0. The minimum atomic E-state index is -1.28. The second-order valence-corrected chi connectivity index (χ2v) is 5.90. The first kappa shape index (κ1) is 20.1. The van der Waals surface area contributed by atoms with Crippen molar-refractivity contribution in [3.05, 3.63) is 52.3 Å². The Morgan fingerprint density at radius 1 is 1.31 bits per heavy atom. The number of nitro benzene ring substituents is 1. The molecule has 3 N–H and O–H groups in total. The number of carbonyl (C=O) groups excluding carboxylic acids is 2. The van der Waals surface area contributed by atoms with Crippen LogP contribution in [0.2, 0.25) is 0 Å². The van der Waals surface area contributed by atoms with E-state index in [1.54, 1.807) is 24.3 Å². The molecule has 12 nitrogen and oxygen atoms in total. The maximum atomic E-state index is 12.2. The molecule has 1 fully saturated rings. The number of hydrogen-bond acceptors (Lipinski definition) is 9. The van der Waals surface area contributed by atoms with Gasteiger partial charge < -0.3 is 20.0 Å². The molecular weight excluding hydrogens is 386 g/mol. The predicted octanol–water partition coefficient (Wildman–Crippen LogP) is 0.704. The van der Waals surface area contributed by atoms with Gasteiger partial charge in [-0.25, -0.2) is 14.7 Å². The van der Waals surface area contributed by atoms with Crippen LogP contribution in [-0.4, -0.2) is 64.2 Å². The van der Waals surface area contributed by atoms with E-state index in [-0.39, 0.29) is 18.8 Å². The zero-order valence-electron chi connectivity index (χ0n) is 15.0. The van der Waals surface area contributed by atoms with Crippen LogP contribution in [0, 0.1) is 10.1 Å². The Bertz CT molecular complexity index is 940. The number of hydrogen-bond donors (Lipinski definition) is 2. The number of nitrogens with zero attached hydrogens (tertiary/aromatic N) is 4. The fourth-order valence-electron chi connectivity index (χ4n) is 2.42. The monoisotopic (exact) mass is 403 g/mol. The third-order valence-electron chi connectivity index (χ3n) is 3.95. The Labute approximate surface area is 163 Å². The van der Waals surface area contributed by atoms with Crippen LogP contribution in [0.25, 0.3) is 11.3 Å². The molecule has 1 aliphatic heterocycles. The molecule has 3 amide bonds. The minimum absolute atomic E-state index is 0.0354. The Balaban J connectivity index is 1.64.